The predicted octanol–water partition coefficient (Wildman–Crippen LogP) is 2.02. The Labute approximate surface area is 169 Å². The van der Waals surface area contributed by atoms with Gasteiger partial charge in [0.2, 0.25) is 11.8 Å². The van der Waals surface area contributed by atoms with Crippen molar-refractivity contribution in [3.05, 3.63) is 36.0 Å². The zero-order valence-corrected chi connectivity index (χ0v) is 17.2. The highest BCUT2D eigenvalue weighted by molar-refractivity contribution is 7.98. The summed E-state index contributed by atoms with van der Waals surface area (Å²) >= 11 is 1.58. The quantitative estimate of drug-likeness (QED) is 0.525. The van der Waals surface area contributed by atoms with Gasteiger partial charge in [-0.2, -0.15) is 11.8 Å². The van der Waals surface area contributed by atoms with Crippen molar-refractivity contribution in [3.63, 3.8) is 0 Å². The van der Waals surface area contributed by atoms with E-state index in [0.29, 0.717) is 18.6 Å². The number of ether oxygens (including phenoxy) is 1. The van der Waals surface area contributed by atoms with Crippen molar-refractivity contribution in [2.24, 2.45) is 0 Å². The van der Waals surface area contributed by atoms with E-state index in [1.54, 1.807) is 18.7 Å². The third kappa shape index (κ3) is 6.02. The minimum atomic E-state index is -0.789. The van der Waals surface area contributed by atoms with E-state index in [0.717, 1.165) is 16.5 Å². The number of hydrogen-bond donors (Lipinski definition) is 3. The van der Waals surface area contributed by atoms with Crippen LogP contribution in [0.3, 0.4) is 0 Å². The largest absolute Gasteiger partial charge is 0.464 e. The number of H-pyrrole nitrogens is 1. The van der Waals surface area contributed by atoms with E-state index in [1.807, 2.05) is 36.7 Å². The molecule has 28 heavy (non-hydrogen) atoms. The maximum Gasteiger partial charge on any atom is 0.328 e. The highest BCUT2D eigenvalue weighted by Crippen LogP contribution is 2.19. The van der Waals surface area contributed by atoms with Crippen LogP contribution in [0.25, 0.3) is 10.9 Å². The molecule has 1 aromatic heterocycles. The van der Waals surface area contributed by atoms with Gasteiger partial charge in [-0.15, -0.1) is 0 Å². The van der Waals surface area contributed by atoms with E-state index in [4.69, 9.17) is 4.74 Å². The monoisotopic (exact) mass is 405 g/mol. The van der Waals surface area contributed by atoms with E-state index in [1.165, 1.54) is 6.92 Å². The summed E-state index contributed by atoms with van der Waals surface area (Å²) in [6, 6.07) is 6.24. The van der Waals surface area contributed by atoms with E-state index in [-0.39, 0.29) is 12.5 Å². The van der Waals surface area contributed by atoms with E-state index < -0.39 is 24.0 Å². The van der Waals surface area contributed by atoms with Gasteiger partial charge in [-0.25, -0.2) is 4.79 Å². The first-order chi connectivity index (χ1) is 13.5. The fraction of sp³-hybridized carbons (Fsp3) is 0.450. The first kappa shape index (κ1) is 21.8. The summed E-state index contributed by atoms with van der Waals surface area (Å²) in [5.74, 6) is -0.466. The second kappa shape index (κ2) is 10.8. The Morgan fingerprint density at radius 2 is 1.93 bits per heavy atom. The Morgan fingerprint density at radius 1 is 1.18 bits per heavy atom. The normalized spacial score (nSPS) is 13.0. The molecule has 2 amide bonds. The number of hydrogen-bond acceptors (Lipinski definition) is 5. The molecule has 0 spiro atoms. The molecule has 1 heterocycles. The van der Waals surface area contributed by atoms with Gasteiger partial charge in [0.15, 0.2) is 0 Å². The molecule has 0 bridgehead atoms. The fourth-order valence-corrected chi connectivity index (χ4v) is 3.45. The van der Waals surface area contributed by atoms with Crippen LogP contribution in [0.4, 0.5) is 0 Å². The summed E-state index contributed by atoms with van der Waals surface area (Å²) in [6.07, 6.45) is 4.55. The molecule has 0 fully saturated rings. The molecule has 0 aliphatic carbocycles. The fourth-order valence-electron chi connectivity index (χ4n) is 2.97. The molecule has 0 unspecified atom stereocenters. The SMILES string of the molecule is CCOC(=O)[C@H](CCSC)NC(=O)[C@H](Cc1c[nH]c2ccccc12)NC(C)=O. The van der Waals surface area contributed by atoms with Crippen molar-refractivity contribution in [1.29, 1.82) is 0 Å². The van der Waals surface area contributed by atoms with Crippen LogP contribution in [-0.2, 0) is 25.5 Å². The summed E-state index contributed by atoms with van der Waals surface area (Å²) in [4.78, 5) is 39.9. The molecular weight excluding hydrogens is 378 g/mol. The lowest BCUT2D eigenvalue weighted by Crippen LogP contribution is -2.52. The van der Waals surface area contributed by atoms with Gasteiger partial charge in [0.1, 0.15) is 12.1 Å². The molecule has 152 valence electrons. The molecule has 0 radical (unpaired) electrons. The van der Waals surface area contributed by atoms with E-state index in [9.17, 15) is 14.4 Å². The number of rotatable bonds is 10. The Hall–Kier alpha value is -2.48. The topological polar surface area (TPSA) is 100 Å². The number of para-hydroxylation sites is 1. The highest BCUT2D eigenvalue weighted by Gasteiger charge is 2.27. The van der Waals surface area contributed by atoms with Gasteiger partial charge in [-0.1, -0.05) is 18.2 Å². The van der Waals surface area contributed by atoms with Crippen molar-refractivity contribution < 1.29 is 19.1 Å². The average molecular weight is 406 g/mol. The van der Waals surface area contributed by atoms with Gasteiger partial charge < -0.3 is 20.4 Å². The zero-order chi connectivity index (χ0) is 20.5. The molecule has 7 nitrogen and oxygen atoms in total. The van der Waals surface area contributed by atoms with Crippen molar-refractivity contribution in [1.82, 2.24) is 15.6 Å². The second-order valence-electron chi connectivity index (χ2n) is 6.41. The lowest BCUT2D eigenvalue weighted by Gasteiger charge is -2.22. The smallest absolute Gasteiger partial charge is 0.328 e. The number of aromatic nitrogens is 1. The van der Waals surface area contributed by atoms with Gasteiger partial charge in [-0.3, -0.25) is 9.59 Å². The number of benzene rings is 1. The Balaban J connectivity index is 2.16. The van der Waals surface area contributed by atoms with Crippen LogP contribution in [0.15, 0.2) is 30.5 Å². The summed E-state index contributed by atoms with van der Waals surface area (Å²) in [6.45, 7) is 3.34. The van der Waals surface area contributed by atoms with Gasteiger partial charge in [-0.05, 0) is 37.0 Å². The molecule has 8 heteroatoms. The average Bonchev–Trinajstić information content (AvgIpc) is 3.07. The summed E-state index contributed by atoms with van der Waals surface area (Å²) in [5.41, 5.74) is 1.88. The van der Waals surface area contributed by atoms with E-state index in [2.05, 4.69) is 15.6 Å². The third-order valence-corrected chi connectivity index (χ3v) is 4.94. The highest BCUT2D eigenvalue weighted by atomic mass is 32.2. The number of esters is 1. The minimum absolute atomic E-state index is 0.245. The summed E-state index contributed by atoms with van der Waals surface area (Å²) < 4.78 is 5.07. The van der Waals surface area contributed by atoms with Crippen LogP contribution in [0.2, 0.25) is 0 Å². The van der Waals surface area contributed by atoms with Gasteiger partial charge in [0.05, 0.1) is 6.61 Å². The number of aromatic amines is 1. The second-order valence-corrected chi connectivity index (χ2v) is 7.40. The molecule has 2 atom stereocenters. The zero-order valence-electron chi connectivity index (χ0n) is 16.4. The molecule has 2 aromatic rings. The standard InChI is InChI=1S/C20H27N3O4S/c1-4-27-20(26)17(9-10-28-3)23-19(25)18(22-13(2)24)11-14-12-21-16-8-6-5-7-15(14)16/h5-8,12,17-18,21H,4,9-11H2,1-3H3,(H,22,24)(H,23,25)/t17-,18-/m0/s1. The van der Waals surface area contributed by atoms with Crippen LogP contribution < -0.4 is 10.6 Å². The molecule has 2 rings (SSSR count). The number of fused-ring (bicyclic) bond motifs is 1. The molecular formula is C20H27N3O4S. The maximum atomic E-state index is 12.9. The Kier molecular flexibility index (Phi) is 8.38. The Morgan fingerprint density at radius 3 is 2.61 bits per heavy atom. The number of thioether (sulfide) groups is 1. The number of nitrogens with one attached hydrogen (secondary N) is 3. The molecule has 0 saturated carbocycles. The van der Waals surface area contributed by atoms with Crippen LogP contribution in [-0.4, -0.2) is 53.5 Å². The van der Waals surface area contributed by atoms with Crippen molar-refractivity contribution in [2.75, 3.05) is 18.6 Å². The van der Waals surface area contributed by atoms with Crippen LogP contribution in [0.1, 0.15) is 25.8 Å². The molecule has 0 aliphatic heterocycles. The predicted molar refractivity (Wildman–Crippen MR) is 111 cm³/mol. The molecule has 0 saturated heterocycles. The van der Waals surface area contributed by atoms with Gasteiger partial charge >= 0.3 is 5.97 Å². The Bertz CT molecular complexity index is 821. The first-order valence-electron chi connectivity index (χ1n) is 9.24. The van der Waals surface area contributed by atoms with Crippen molar-refractivity contribution in [2.45, 2.75) is 38.8 Å². The number of carbonyl (C=O) groups is 3. The van der Waals surface area contributed by atoms with Gasteiger partial charge in [0.25, 0.3) is 0 Å². The molecule has 3 N–H and O–H groups in total. The lowest BCUT2D eigenvalue weighted by atomic mass is 10.0. The summed E-state index contributed by atoms with van der Waals surface area (Å²) in [5, 5.41) is 6.44. The van der Waals surface area contributed by atoms with Crippen LogP contribution in [0, 0.1) is 0 Å². The molecule has 1 aromatic carbocycles. The van der Waals surface area contributed by atoms with Gasteiger partial charge in [0, 0.05) is 30.4 Å². The maximum absolute atomic E-state index is 12.9. The number of amides is 2. The first-order valence-corrected chi connectivity index (χ1v) is 10.6. The summed E-state index contributed by atoms with van der Waals surface area (Å²) in [7, 11) is 0. The van der Waals surface area contributed by atoms with Crippen LogP contribution >= 0.6 is 11.8 Å². The van der Waals surface area contributed by atoms with Crippen LogP contribution in [0.5, 0.6) is 0 Å². The van der Waals surface area contributed by atoms with Crippen molar-refractivity contribution >= 4 is 40.4 Å². The third-order valence-electron chi connectivity index (χ3n) is 4.29. The van der Waals surface area contributed by atoms with E-state index >= 15 is 0 Å². The molecule has 0 aliphatic rings. The minimum Gasteiger partial charge on any atom is -0.464 e. The lowest BCUT2D eigenvalue weighted by molar-refractivity contribution is -0.147. The van der Waals surface area contributed by atoms with Crippen molar-refractivity contribution in [3.8, 4) is 0 Å². The number of carbonyl (C=O) groups excluding carboxylic acids is 3.